The van der Waals surface area contributed by atoms with Gasteiger partial charge >= 0.3 is 6.18 Å². The molecule has 3 nitrogen and oxygen atoms in total. The van der Waals surface area contributed by atoms with Gasteiger partial charge in [-0.25, -0.2) is 13.1 Å². The number of alkyl halides is 4. The van der Waals surface area contributed by atoms with Gasteiger partial charge in [0.15, 0.2) is 0 Å². The van der Waals surface area contributed by atoms with Crippen LogP contribution in [-0.4, -0.2) is 31.3 Å². The first-order chi connectivity index (χ1) is 6.27. The van der Waals surface area contributed by atoms with Crippen molar-refractivity contribution in [2.75, 3.05) is 16.7 Å². The molecule has 0 aromatic heterocycles. The Morgan fingerprint density at radius 3 is 2.29 bits per heavy atom. The van der Waals surface area contributed by atoms with E-state index < -0.39 is 28.4 Å². The van der Waals surface area contributed by atoms with Crippen LogP contribution in [0.3, 0.4) is 0 Å². The molecule has 0 rings (SSSR count). The van der Waals surface area contributed by atoms with Gasteiger partial charge in [-0.3, -0.25) is 0 Å². The Morgan fingerprint density at radius 1 is 1.29 bits per heavy atom. The zero-order chi connectivity index (χ0) is 11.2. The van der Waals surface area contributed by atoms with Crippen LogP contribution in [0.5, 0.6) is 0 Å². The normalized spacial score (nSPS) is 13.1. The Morgan fingerprint density at radius 2 is 1.86 bits per heavy atom. The fraction of sp³-hybridized carbons (Fsp3) is 1.00. The highest BCUT2D eigenvalue weighted by Gasteiger charge is 2.27. The smallest absolute Gasteiger partial charge is 0.214 e. The zero-order valence-electron chi connectivity index (χ0n) is 7.27. The average molecular weight is 345 g/mol. The summed E-state index contributed by atoms with van der Waals surface area (Å²) in [4.78, 5) is 0. The van der Waals surface area contributed by atoms with Crippen molar-refractivity contribution in [3.05, 3.63) is 0 Å². The molecule has 0 aliphatic heterocycles. The third-order valence-corrected chi connectivity index (χ3v) is 3.30. The maximum Gasteiger partial charge on any atom is 0.389 e. The van der Waals surface area contributed by atoms with Crippen molar-refractivity contribution in [1.29, 1.82) is 0 Å². The molecule has 0 saturated carbocycles. The molecular formula is C6H11F3INO2S. The van der Waals surface area contributed by atoms with E-state index in [0.717, 1.165) is 0 Å². The first kappa shape index (κ1) is 14.4. The second kappa shape index (κ2) is 6.11. The lowest BCUT2D eigenvalue weighted by Gasteiger charge is -2.07. The molecule has 0 bridgehead atoms. The summed E-state index contributed by atoms with van der Waals surface area (Å²) in [6.45, 7) is 0.259. The van der Waals surface area contributed by atoms with Crippen molar-refractivity contribution >= 4 is 32.6 Å². The Labute approximate surface area is 94.6 Å². The third-order valence-electron chi connectivity index (χ3n) is 1.29. The molecule has 0 heterocycles. The van der Waals surface area contributed by atoms with Gasteiger partial charge in [0.05, 0.1) is 5.75 Å². The predicted molar refractivity (Wildman–Crippen MR) is 56.0 cm³/mol. The number of hydrogen-bond donors (Lipinski definition) is 1. The number of rotatable bonds is 6. The maximum atomic E-state index is 11.7. The minimum atomic E-state index is -4.28. The van der Waals surface area contributed by atoms with E-state index in [-0.39, 0.29) is 13.0 Å². The van der Waals surface area contributed by atoms with Crippen LogP contribution in [0.4, 0.5) is 13.2 Å². The van der Waals surface area contributed by atoms with E-state index in [4.69, 9.17) is 0 Å². The molecule has 1 N–H and O–H groups in total. The minimum Gasteiger partial charge on any atom is -0.214 e. The molecule has 0 atom stereocenters. The second-order valence-corrected chi connectivity index (χ2v) is 5.63. The first-order valence-electron chi connectivity index (χ1n) is 3.87. The molecule has 0 spiro atoms. The lowest BCUT2D eigenvalue weighted by atomic mass is 10.3. The molecule has 0 aromatic carbocycles. The van der Waals surface area contributed by atoms with E-state index in [0.29, 0.717) is 4.43 Å². The average Bonchev–Trinajstić information content (AvgIpc) is 1.98. The highest BCUT2D eigenvalue weighted by molar-refractivity contribution is 14.1. The third kappa shape index (κ3) is 9.00. The molecule has 0 unspecified atom stereocenters. The number of halogens is 4. The highest BCUT2D eigenvalue weighted by atomic mass is 127. The van der Waals surface area contributed by atoms with Gasteiger partial charge in [0.25, 0.3) is 0 Å². The van der Waals surface area contributed by atoms with E-state index >= 15 is 0 Å². The summed E-state index contributed by atoms with van der Waals surface area (Å²) in [7, 11) is -3.52. The van der Waals surface area contributed by atoms with Crippen molar-refractivity contribution in [3.8, 4) is 0 Å². The van der Waals surface area contributed by atoms with Crippen molar-refractivity contribution in [2.45, 2.75) is 19.0 Å². The lowest BCUT2D eigenvalue weighted by Crippen LogP contribution is -2.28. The Balaban J connectivity index is 3.78. The van der Waals surface area contributed by atoms with Gasteiger partial charge in [0.1, 0.15) is 0 Å². The quantitative estimate of drug-likeness (QED) is 0.588. The second-order valence-electron chi connectivity index (χ2n) is 2.62. The molecule has 0 radical (unpaired) electrons. The largest absolute Gasteiger partial charge is 0.389 e. The summed E-state index contributed by atoms with van der Waals surface area (Å²) >= 11 is 1.97. The molecule has 86 valence electrons. The van der Waals surface area contributed by atoms with Gasteiger partial charge in [0.2, 0.25) is 10.0 Å². The Bertz CT molecular complexity index is 252. The summed E-state index contributed by atoms with van der Waals surface area (Å²) < 4.78 is 59.8. The van der Waals surface area contributed by atoms with Gasteiger partial charge in [0, 0.05) is 17.4 Å². The van der Waals surface area contributed by atoms with Crippen LogP contribution in [0.2, 0.25) is 0 Å². The predicted octanol–water partition coefficient (Wildman–Crippen LogP) is 1.68. The van der Waals surface area contributed by atoms with Crippen molar-refractivity contribution < 1.29 is 21.6 Å². The fourth-order valence-electron chi connectivity index (χ4n) is 0.729. The van der Waals surface area contributed by atoms with E-state index in [1.54, 1.807) is 0 Å². The van der Waals surface area contributed by atoms with Gasteiger partial charge < -0.3 is 0 Å². The summed E-state index contributed by atoms with van der Waals surface area (Å²) in [6.07, 6.45) is -5.73. The molecule has 0 aromatic rings. The monoisotopic (exact) mass is 345 g/mol. The SMILES string of the molecule is O=S(=O)(CCCC(F)(F)F)NCCI. The number of nitrogens with one attached hydrogen (secondary N) is 1. The van der Waals surface area contributed by atoms with Gasteiger partial charge in [-0.05, 0) is 6.42 Å². The fourth-order valence-corrected chi connectivity index (χ4v) is 2.45. The molecule has 0 aliphatic carbocycles. The van der Waals surface area contributed by atoms with E-state index in [1.165, 1.54) is 0 Å². The van der Waals surface area contributed by atoms with Crippen LogP contribution in [0.15, 0.2) is 0 Å². The van der Waals surface area contributed by atoms with Crippen LogP contribution in [0.1, 0.15) is 12.8 Å². The van der Waals surface area contributed by atoms with Crippen molar-refractivity contribution in [3.63, 3.8) is 0 Å². The standard InChI is InChI=1S/C6H11F3INO2S/c7-6(8,9)2-1-5-14(12,13)11-4-3-10/h11H,1-5H2. The number of sulfonamides is 1. The summed E-state index contributed by atoms with van der Waals surface area (Å²) in [5.41, 5.74) is 0. The first-order valence-corrected chi connectivity index (χ1v) is 7.05. The summed E-state index contributed by atoms with van der Waals surface area (Å²) in [5.74, 6) is -0.469. The van der Waals surface area contributed by atoms with Crippen LogP contribution in [0, 0.1) is 0 Å². The highest BCUT2D eigenvalue weighted by Crippen LogP contribution is 2.21. The van der Waals surface area contributed by atoms with E-state index in [1.807, 2.05) is 22.6 Å². The minimum absolute atomic E-state index is 0.259. The topological polar surface area (TPSA) is 46.2 Å². The van der Waals surface area contributed by atoms with Crippen LogP contribution < -0.4 is 4.72 Å². The maximum absolute atomic E-state index is 11.7. The summed E-state index contributed by atoms with van der Waals surface area (Å²) in [6, 6.07) is 0. The number of hydrogen-bond acceptors (Lipinski definition) is 2. The van der Waals surface area contributed by atoms with E-state index in [9.17, 15) is 21.6 Å². The molecule has 0 fully saturated rings. The van der Waals surface area contributed by atoms with E-state index in [2.05, 4.69) is 4.72 Å². The van der Waals surface area contributed by atoms with Gasteiger partial charge in [-0.15, -0.1) is 0 Å². The molecule has 0 saturated heterocycles. The summed E-state index contributed by atoms with van der Waals surface area (Å²) in [5, 5.41) is 0. The van der Waals surface area contributed by atoms with Crippen LogP contribution in [-0.2, 0) is 10.0 Å². The van der Waals surface area contributed by atoms with Crippen molar-refractivity contribution in [2.24, 2.45) is 0 Å². The molecule has 14 heavy (non-hydrogen) atoms. The van der Waals surface area contributed by atoms with Gasteiger partial charge in [-0.2, -0.15) is 13.2 Å². The molecule has 0 aliphatic rings. The molecule has 8 heteroatoms. The zero-order valence-corrected chi connectivity index (χ0v) is 10.2. The molecule has 0 amide bonds. The van der Waals surface area contributed by atoms with Gasteiger partial charge in [-0.1, -0.05) is 22.6 Å². The Hall–Kier alpha value is 0.430. The Kier molecular flexibility index (Phi) is 6.30. The van der Waals surface area contributed by atoms with Crippen LogP contribution in [0.25, 0.3) is 0 Å². The van der Waals surface area contributed by atoms with Crippen molar-refractivity contribution in [1.82, 2.24) is 4.72 Å². The molecular weight excluding hydrogens is 334 g/mol. The van der Waals surface area contributed by atoms with Crippen LogP contribution >= 0.6 is 22.6 Å². The lowest BCUT2D eigenvalue weighted by molar-refractivity contribution is -0.134.